The Balaban J connectivity index is 2.35. The fourth-order valence-electron chi connectivity index (χ4n) is 2.03. The Labute approximate surface area is 100 Å². The normalized spacial score (nSPS) is 24.7. The van der Waals surface area contributed by atoms with Crippen molar-refractivity contribution in [2.75, 3.05) is 18.1 Å². The van der Waals surface area contributed by atoms with E-state index in [0.717, 1.165) is 0 Å². The van der Waals surface area contributed by atoms with Crippen molar-refractivity contribution in [3.8, 4) is 0 Å². The largest absolute Gasteiger partial charge is 0.476 e. The molecule has 5 heteroatoms. The van der Waals surface area contributed by atoms with E-state index in [1.54, 1.807) is 12.1 Å². The number of morpholine rings is 1. The Hall–Kier alpha value is -1.62. The molecule has 0 saturated carbocycles. The molecule has 2 heterocycles. The first-order valence-electron chi connectivity index (χ1n) is 5.66. The van der Waals surface area contributed by atoms with Crippen LogP contribution in [0.1, 0.15) is 24.3 Å². The molecule has 1 N–H and O–H groups in total. The number of aromatic carboxylic acids is 1. The Morgan fingerprint density at radius 1 is 1.59 bits per heavy atom. The zero-order valence-corrected chi connectivity index (χ0v) is 9.96. The molecule has 2 rings (SSSR count). The predicted octanol–water partition coefficient (Wildman–Crippen LogP) is 1.39. The van der Waals surface area contributed by atoms with E-state index >= 15 is 0 Å². The second kappa shape index (κ2) is 4.71. The van der Waals surface area contributed by atoms with Crippen molar-refractivity contribution in [2.45, 2.75) is 26.0 Å². The Morgan fingerprint density at radius 3 is 3.06 bits per heavy atom. The highest BCUT2D eigenvalue weighted by Gasteiger charge is 2.27. The maximum Gasteiger partial charge on any atom is 0.356 e. The average Bonchev–Trinajstić information content (AvgIpc) is 2.32. The molecule has 0 amide bonds. The molecule has 1 aromatic heterocycles. The molecule has 5 nitrogen and oxygen atoms in total. The predicted molar refractivity (Wildman–Crippen MR) is 63.4 cm³/mol. The van der Waals surface area contributed by atoms with Crippen LogP contribution in [0.5, 0.6) is 0 Å². The van der Waals surface area contributed by atoms with Gasteiger partial charge in [-0.05, 0) is 26.0 Å². The van der Waals surface area contributed by atoms with Gasteiger partial charge < -0.3 is 14.7 Å². The van der Waals surface area contributed by atoms with Crippen molar-refractivity contribution in [1.82, 2.24) is 4.98 Å². The van der Waals surface area contributed by atoms with Crippen molar-refractivity contribution in [2.24, 2.45) is 0 Å². The van der Waals surface area contributed by atoms with E-state index in [9.17, 15) is 4.79 Å². The van der Waals surface area contributed by atoms with Crippen LogP contribution in [0.4, 0.5) is 5.69 Å². The first-order valence-corrected chi connectivity index (χ1v) is 5.66. The topological polar surface area (TPSA) is 62.7 Å². The lowest BCUT2D eigenvalue weighted by Crippen LogP contribution is -2.48. The van der Waals surface area contributed by atoms with E-state index in [1.165, 1.54) is 6.20 Å². The molecule has 0 aliphatic carbocycles. The molecule has 92 valence electrons. The van der Waals surface area contributed by atoms with Gasteiger partial charge in [-0.1, -0.05) is 0 Å². The summed E-state index contributed by atoms with van der Waals surface area (Å²) in [6, 6.07) is 3.72. The smallest absolute Gasteiger partial charge is 0.356 e. The highest BCUT2D eigenvalue weighted by atomic mass is 16.5. The summed E-state index contributed by atoms with van der Waals surface area (Å²) >= 11 is 0. The standard InChI is InChI=1S/C12H16N2O3/c1-8-7-17-9(2)6-14(8)10-4-3-5-13-11(10)12(15)16/h3-5,8-9H,6-7H2,1-2H3,(H,15,16). The van der Waals surface area contributed by atoms with Crippen molar-refractivity contribution < 1.29 is 14.6 Å². The number of carbonyl (C=O) groups is 1. The minimum Gasteiger partial charge on any atom is -0.476 e. The molecule has 0 spiro atoms. The van der Waals surface area contributed by atoms with E-state index in [-0.39, 0.29) is 17.8 Å². The van der Waals surface area contributed by atoms with Gasteiger partial charge in [-0.15, -0.1) is 0 Å². The van der Waals surface area contributed by atoms with Gasteiger partial charge in [0.15, 0.2) is 5.69 Å². The Kier molecular flexibility index (Phi) is 3.28. The van der Waals surface area contributed by atoms with Gasteiger partial charge in [-0.3, -0.25) is 0 Å². The second-order valence-corrected chi connectivity index (χ2v) is 4.32. The molecule has 17 heavy (non-hydrogen) atoms. The number of hydrogen-bond acceptors (Lipinski definition) is 4. The number of pyridine rings is 1. The van der Waals surface area contributed by atoms with Crippen LogP contribution in [-0.2, 0) is 4.74 Å². The summed E-state index contributed by atoms with van der Waals surface area (Å²) in [4.78, 5) is 17.1. The highest BCUT2D eigenvalue weighted by Crippen LogP contribution is 2.24. The van der Waals surface area contributed by atoms with E-state index in [4.69, 9.17) is 9.84 Å². The minimum atomic E-state index is -0.994. The number of carboxylic acids is 1. The summed E-state index contributed by atoms with van der Waals surface area (Å²) in [7, 11) is 0. The van der Waals surface area contributed by atoms with Crippen LogP contribution in [0.25, 0.3) is 0 Å². The molecular formula is C12H16N2O3. The number of ether oxygens (including phenoxy) is 1. The van der Waals surface area contributed by atoms with Crippen LogP contribution in [0.2, 0.25) is 0 Å². The van der Waals surface area contributed by atoms with Crippen molar-refractivity contribution in [3.63, 3.8) is 0 Å². The van der Waals surface area contributed by atoms with Crippen molar-refractivity contribution >= 4 is 11.7 Å². The lowest BCUT2D eigenvalue weighted by atomic mass is 10.1. The second-order valence-electron chi connectivity index (χ2n) is 4.32. The third-order valence-corrected chi connectivity index (χ3v) is 2.91. The number of rotatable bonds is 2. The third kappa shape index (κ3) is 2.39. The van der Waals surface area contributed by atoms with Gasteiger partial charge in [0, 0.05) is 18.8 Å². The molecule has 2 atom stereocenters. The maximum atomic E-state index is 11.1. The lowest BCUT2D eigenvalue weighted by Gasteiger charge is -2.38. The molecular weight excluding hydrogens is 220 g/mol. The third-order valence-electron chi connectivity index (χ3n) is 2.91. The number of anilines is 1. The number of carboxylic acid groups (broad SMARTS) is 1. The number of aromatic nitrogens is 1. The summed E-state index contributed by atoms with van der Waals surface area (Å²) in [5, 5.41) is 9.13. The zero-order chi connectivity index (χ0) is 12.4. The molecule has 0 bridgehead atoms. The molecule has 1 aliphatic rings. The fraction of sp³-hybridized carbons (Fsp3) is 0.500. The summed E-state index contributed by atoms with van der Waals surface area (Å²) in [5.74, 6) is -0.994. The first-order chi connectivity index (χ1) is 8.09. The molecule has 1 aliphatic heterocycles. The van der Waals surface area contributed by atoms with Gasteiger partial charge in [-0.25, -0.2) is 9.78 Å². The van der Waals surface area contributed by atoms with Crippen LogP contribution >= 0.6 is 0 Å². The van der Waals surface area contributed by atoms with Crippen molar-refractivity contribution in [3.05, 3.63) is 24.0 Å². The lowest BCUT2D eigenvalue weighted by molar-refractivity contribution is 0.0341. The van der Waals surface area contributed by atoms with Crippen LogP contribution in [-0.4, -0.2) is 41.4 Å². The average molecular weight is 236 g/mol. The maximum absolute atomic E-state index is 11.1. The molecule has 0 aromatic carbocycles. The summed E-state index contributed by atoms with van der Waals surface area (Å²) in [6.45, 7) is 5.29. The minimum absolute atomic E-state index is 0.105. The summed E-state index contributed by atoms with van der Waals surface area (Å²) < 4.78 is 5.53. The molecule has 1 aromatic rings. The summed E-state index contributed by atoms with van der Waals surface area (Å²) in [5.41, 5.74) is 0.774. The van der Waals surface area contributed by atoms with Gasteiger partial charge in [0.1, 0.15) is 0 Å². The van der Waals surface area contributed by atoms with Crippen LogP contribution in [0.3, 0.4) is 0 Å². The Bertz CT molecular complexity index is 422. The first kappa shape index (κ1) is 11.9. The highest BCUT2D eigenvalue weighted by molar-refractivity contribution is 5.92. The van der Waals surface area contributed by atoms with Crippen molar-refractivity contribution in [1.29, 1.82) is 0 Å². The van der Waals surface area contributed by atoms with Gasteiger partial charge >= 0.3 is 5.97 Å². The molecule has 0 radical (unpaired) electrons. The van der Waals surface area contributed by atoms with Crippen LogP contribution < -0.4 is 4.90 Å². The Morgan fingerprint density at radius 2 is 2.35 bits per heavy atom. The summed E-state index contributed by atoms with van der Waals surface area (Å²) in [6.07, 6.45) is 1.61. The number of hydrogen-bond donors (Lipinski definition) is 1. The van der Waals surface area contributed by atoms with E-state index in [1.807, 2.05) is 18.7 Å². The van der Waals surface area contributed by atoms with E-state index in [0.29, 0.717) is 18.8 Å². The molecule has 2 unspecified atom stereocenters. The quantitative estimate of drug-likeness (QED) is 0.840. The van der Waals surface area contributed by atoms with Crippen LogP contribution in [0.15, 0.2) is 18.3 Å². The fourth-order valence-corrected chi connectivity index (χ4v) is 2.03. The van der Waals surface area contributed by atoms with Gasteiger partial charge in [-0.2, -0.15) is 0 Å². The van der Waals surface area contributed by atoms with E-state index in [2.05, 4.69) is 4.98 Å². The SMILES string of the molecule is CC1CN(c2cccnc2C(=O)O)C(C)CO1. The molecule has 1 fully saturated rings. The monoisotopic (exact) mass is 236 g/mol. The van der Waals surface area contributed by atoms with Gasteiger partial charge in [0.25, 0.3) is 0 Å². The van der Waals surface area contributed by atoms with Gasteiger partial charge in [0.05, 0.1) is 18.4 Å². The molecule has 1 saturated heterocycles. The van der Waals surface area contributed by atoms with Crippen LogP contribution in [0, 0.1) is 0 Å². The number of nitrogens with zero attached hydrogens (tertiary/aromatic N) is 2. The van der Waals surface area contributed by atoms with Gasteiger partial charge in [0.2, 0.25) is 0 Å². The zero-order valence-electron chi connectivity index (χ0n) is 9.96. The van der Waals surface area contributed by atoms with E-state index < -0.39 is 5.97 Å².